The molecule has 2 aromatic rings. The predicted octanol–water partition coefficient (Wildman–Crippen LogP) is 2.46. The smallest absolute Gasteiger partial charge is 0.228 e. The quantitative estimate of drug-likeness (QED) is 0.912. The van der Waals surface area contributed by atoms with E-state index in [1.165, 1.54) is 12.1 Å². The normalized spacial score (nSPS) is 13.9. The Morgan fingerprint density at radius 1 is 1.24 bits per heavy atom. The van der Waals surface area contributed by atoms with Crippen LogP contribution in [0.1, 0.15) is 5.69 Å². The maximum absolute atomic E-state index is 12.9. The molecule has 2 N–H and O–H groups in total. The maximum Gasteiger partial charge on any atom is 0.228 e. The van der Waals surface area contributed by atoms with E-state index >= 15 is 0 Å². The summed E-state index contributed by atoms with van der Waals surface area (Å²) < 4.78 is 12.9. The van der Waals surface area contributed by atoms with E-state index in [1.807, 2.05) is 13.0 Å². The lowest BCUT2D eigenvalue weighted by Gasteiger charge is -2.16. The van der Waals surface area contributed by atoms with Gasteiger partial charge in [-0.3, -0.25) is 5.32 Å². The summed E-state index contributed by atoms with van der Waals surface area (Å²) in [5.74, 6) is 1.17. The average Bonchev–Trinajstić information content (AvgIpc) is 2.95. The number of hydrogen-bond donors (Lipinski definition) is 2. The third-order valence-electron chi connectivity index (χ3n) is 3.10. The van der Waals surface area contributed by atoms with Crippen molar-refractivity contribution >= 4 is 29.9 Å². The second-order valence-electron chi connectivity index (χ2n) is 4.75. The number of nitrogens with zero attached hydrogens (tertiary/aromatic N) is 3. The van der Waals surface area contributed by atoms with Crippen LogP contribution in [0.25, 0.3) is 0 Å². The Morgan fingerprint density at radius 2 is 2.00 bits per heavy atom. The molecule has 5 nitrogen and oxygen atoms in total. The van der Waals surface area contributed by atoms with Gasteiger partial charge in [-0.05, 0) is 31.2 Å². The number of benzene rings is 1. The molecule has 0 bridgehead atoms. The third-order valence-corrected chi connectivity index (χ3v) is 3.10. The van der Waals surface area contributed by atoms with Crippen LogP contribution in [0, 0.1) is 12.7 Å². The molecule has 1 aliphatic rings. The summed E-state index contributed by atoms with van der Waals surface area (Å²) in [6.07, 6.45) is 0. The molecule has 1 aromatic heterocycles. The molecular weight excluding hydrogens is 293 g/mol. The molecule has 3 rings (SSSR count). The predicted molar refractivity (Wildman–Crippen MR) is 83.9 cm³/mol. The van der Waals surface area contributed by atoms with Crippen molar-refractivity contribution in [2.45, 2.75) is 6.92 Å². The third kappa shape index (κ3) is 3.80. The van der Waals surface area contributed by atoms with Crippen molar-refractivity contribution in [1.29, 1.82) is 0 Å². The van der Waals surface area contributed by atoms with Gasteiger partial charge in [0.25, 0.3) is 0 Å². The molecule has 7 heteroatoms. The Balaban J connectivity index is 0.00000161. The van der Waals surface area contributed by atoms with Gasteiger partial charge < -0.3 is 10.2 Å². The van der Waals surface area contributed by atoms with E-state index in [0.29, 0.717) is 11.8 Å². The van der Waals surface area contributed by atoms with Crippen LogP contribution in [-0.2, 0) is 0 Å². The van der Waals surface area contributed by atoms with Crippen LogP contribution in [0.2, 0.25) is 0 Å². The summed E-state index contributed by atoms with van der Waals surface area (Å²) in [6.45, 7) is 4.54. The number of rotatable bonds is 3. The first-order valence-corrected chi connectivity index (χ1v) is 6.55. The standard InChI is InChI=1S/C14H16FN5.ClH/c1-10-8-13(18-12-4-2-11(15)3-5-12)19-14(17-10)20-7-6-16-9-20;/h2-5,8,16H,6-7,9H2,1H3,(H,17,18,19);1H. The van der Waals surface area contributed by atoms with Crippen LogP contribution in [0.5, 0.6) is 0 Å². The van der Waals surface area contributed by atoms with Crippen molar-refractivity contribution in [3.8, 4) is 0 Å². The fourth-order valence-electron chi connectivity index (χ4n) is 2.12. The Labute approximate surface area is 129 Å². The molecule has 0 amide bonds. The zero-order valence-corrected chi connectivity index (χ0v) is 12.5. The lowest BCUT2D eigenvalue weighted by atomic mass is 10.3. The van der Waals surface area contributed by atoms with Crippen molar-refractivity contribution in [3.63, 3.8) is 0 Å². The summed E-state index contributed by atoms with van der Waals surface area (Å²) in [5.41, 5.74) is 1.70. The van der Waals surface area contributed by atoms with E-state index < -0.39 is 0 Å². The molecule has 1 aromatic carbocycles. The molecule has 1 saturated heterocycles. The van der Waals surface area contributed by atoms with Crippen LogP contribution in [0.3, 0.4) is 0 Å². The molecule has 2 heterocycles. The monoisotopic (exact) mass is 309 g/mol. The van der Waals surface area contributed by atoms with Gasteiger partial charge in [0.2, 0.25) is 5.95 Å². The number of nitrogens with one attached hydrogen (secondary N) is 2. The summed E-state index contributed by atoms with van der Waals surface area (Å²) in [7, 11) is 0. The van der Waals surface area contributed by atoms with Gasteiger partial charge in [0.05, 0.1) is 6.67 Å². The molecule has 0 radical (unpaired) electrons. The van der Waals surface area contributed by atoms with E-state index in [1.54, 1.807) is 12.1 Å². The molecule has 1 fully saturated rings. The minimum Gasteiger partial charge on any atom is -0.340 e. The minimum atomic E-state index is -0.252. The van der Waals surface area contributed by atoms with Gasteiger partial charge in [-0.2, -0.15) is 4.98 Å². The van der Waals surface area contributed by atoms with Crippen molar-refractivity contribution in [2.75, 3.05) is 30.0 Å². The summed E-state index contributed by atoms with van der Waals surface area (Å²) in [4.78, 5) is 11.0. The van der Waals surface area contributed by atoms with Crippen LogP contribution in [0.15, 0.2) is 30.3 Å². The summed E-state index contributed by atoms with van der Waals surface area (Å²) in [5, 5.41) is 6.42. The van der Waals surface area contributed by atoms with Crippen molar-refractivity contribution in [2.24, 2.45) is 0 Å². The molecular formula is C14H17ClFN5. The fourth-order valence-corrected chi connectivity index (χ4v) is 2.12. The van der Waals surface area contributed by atoms with Gasteiger partial charge in [-0.1, -0.05) is 0 Å². The highest BCUT2D eigenvalue weighted by atomic mass is 35.5. The number of halogens is 2. The molecule has 0 atom stereocenters. The highest BCUT2D eigenvalue weighted by molar-refractivity contribution is 5.85. The summed E-state index contributed by atoms with van der Waals surface area (Å²) in [6, 6.07) is 8.08. The van der Waals surface area contributed by atoms with Gasteiger partial charge in [-0.15, -0.1) is 12.4 Å². The second kappa shape index (κ2) is 6.69. The number of anilines is 3. The van der Waals surface area contributed by atoms with E-state index in [0.717, 1.165) is 31.1 Å². The van der Waals surface area contributed by atoms with Crippen LogP contribution < -0.4 is 15.5 Å². The van der Waals surface area contributed by atoms with Crippen LogP contribution in [0.4, 0.5) is 21.8 Å². The van der Waals surface area contributed by atoms with E-state index in [4.69, 9.17) is 0 Å². The first-order valence-electron chi connectivity index (χ1n) is 6.55. The van der Waals surface area contributed by atoms with Gasteiger partial charge in [-0.25, -0.2) is 9.37 Å². The molecule has 21 heavy (non-hydrogen) atoms. The first-order chi connectivity index (χ1) is 9.70. The topological polar surface area (TPSA) is 53.1 Å². The Hall–Kier alpha value is -1.92. The second-order valence-corrected chi connectivity index (χ2v) is 4.75. The molecule has 0 unspecified atom stereocenters. The lowest BCUT2D eigenvalue weighted by molar-refractivity contribution is 0.628. The van der Waals surface area contributed by atoms with Crippen LogP contribution in [-0.4, -0.2) is 29.7 Å². The molecule has 112 valence electrons. The zero-order valence-electron chi connectivity index (χ0n) is 11.6. The van der Waals surface area contributed by atoms with Crippen molar-refractivity contribution in [1.82, 2.24) is 15.3 Å². The Morgan fingerprint density at radius 3 is 2.67 bits per heavy atom. The maximum atomic E-state index is 12.9. The minimum absolute atomic E-state index is 0. The first kappa shape index (κ1) is 15.5. The number of aromatic nitrogens is 2. The Bertz CT molecular complexity index is 599. The van der Waals surface area contributed by atoms with Crippen LogP contribution >= 0.6 is 12.4 Å². The highest BCUT2D eigenvalue weighted by Gasteiger charge is 2.15. The van der Waals surface area contributed by atoms with Gasteiger partial charge in [0.1, 0.15) is 11.6 Å². The van der Waals surface area contributed by atoms with Crippen molar-refractivity contribution in [3.05, 3.63) is 41.8 Å². The Kier molecular flexibility index (Phi) is 4.93. The van der Waals surface area contributed by atoms with Gasteiger partial charge in [0.15, 0.2) is 0 Å². The SMILES string of the molecule is Cc1cc(Nc2ccc(F)cc2)nc(N2CCNC2)n1.Cl. The van der Waals surface area contributed by atoms with E-state index in [2.05, 4.69) is 25.5 Å². The van der Waals surface area contributed by atoms with Gasteiger partial charge in [0, 0.05) is 30.5 Å². The molecule has 0 aliphatic carbocycles. The highest BCUT2D eigenvalue weighted by Crippen LogP contribution is 2.19. The number of aryl methyl sites for hydroxylation is 1. The number of hydrogen-bond acceptors (Lipinski definition) is 5. The van der Waals surface area contributed by atoms with Crippen molar-refractivity contribution < 1.29 is 4.39 Å². The summed E-state index contributed by atoms with van der Waals surface area (Å²) >= 11 is 0. The van der Waals surface area contributed by atoms with Gasteiger partial charge >= 0.3 is 0 Å². The lowest BCUT2D eigenvalue weighted by Crippen LogP contribution is -2.23. The largest absolute Gasteiger partial charge is 0.340 e. The molecule has 0 saturated carbocycles. The van der Waals surface area contributed by atoms with E-state index in [-0.39, 0.29) is 18.2 Å². The molecule has 0 spiro atoms. The van der Waals surface area contributed by atoms with E-state index in [9.17, 15) is 4.39 Å². The average molecular weight is 310 g/mol. The fraction of sp³-hybridized carbons (Fsp3) is 0.286. The molecule has 1 aliphatic heterocycles. The zero-order chi connectivity index (χ0) is 13.9.